The first-order valence-electron chi connectivity index (χ1n) is 10.8. The number of benzene rings is 2. The zero-order valence-corrected chi connectivity index (χ0v) is 20.5. The van der Waals surface area contributed by atoms with E-state index in [0.717, 1.165) is 5.56 Å². The SMILES string of the molecule is CNC(=O)c1cc(C)cc(C)c1NC(=O)c1cc(Cn2nnnc2C(F)(F)F)nn1-c1ccccc1Cl. The number of anilines is 1. The Bertz CT molecular complexity index is 1500. The Morgan fingerprint density at radius 2 is 1.81 bits per heavy atom. The summed E-state index contributed by atoms with van der Waals surface area (Å²) < 4.78 is 41.5. The molecule has 10 nitrogen and oxygen atoms in total. The number of halogens is 4. The topological polar surface area (TPSA) is 120 Å². The number of carbonyl (C=O) groups is 2. The van der Waals surface area contributed by atoms with Crippen LogP contribution in [0.25, 0.3) is 5.69 Å². The lowest BCUT2D eigenvalue weighted by molar-refractivity contribution is -0.147. The highest BCUT2D eigenvalue weighted by Gasteiger charge is 2.38. The van der Waals surface area contributed by atoms with Crippen LogP contribution in [0.1, 0.15) is 43.5 Å². The molecule has 37 heavy (non-hydrogen) atoms. The predicted octanol–water partition coefficient (Wildman–Crippen LogP) is 3.81. The molecule has 2 N–H and O–H groups in total. The van der Waals surface area contributed by atoms with E-state index in [1.165, 1.54) is 17.8 Å². The molecule has 2 amide bonds. The zero-order valence-electron chi connectivity index (χ0n) is 19.8. The van der Waals surface area contributed by atoms with Gasteiger partial charge < -0.3 is 10.6 Å². The van der Waals surface area contributed by atoms with Crippen LogP contribution in [0.4, 0.5) is 18.9 Å². The number of nitrogens with one attached hydrogen (secondary N) is 2. The smallest absolute Gasteiger partial charge is 0.355 e. The molecule has 0 atom stereocenters. The minimum atomic E-state index is -4.78. The van der Waals surface area contributed by atoms with E-state index in [1.807, 2.05) is 6.92 Å². The number of para-hydroxylation sites is 1. The van der Waals surface area contributed by atoms with Gasteiger partial charge in [0.15, 0.2) is 0 Å². The molecule has 0 aliphatic heterocycles. The number of hydrogen-bond acceptors (Lipinski definition) is 6. The second-order valence-corrected chi connectivity index (χ2v) is 8.49. The van der Waals surface area contributed by atoms with Crippen molar-refractivity contribution in [2.45, 2.75) is 26.6 Å². The van der Waals surface area contributed by atoms with E-state index in [4.69, 9.17) is 11.6 Å². The maximum absolute atomic E-state index is 13.5. The molecule has 2 aromatic heterocycles. The molecular weight excluding hydrogens is 513 g/mol. The maximum Gasteiger partial charge on any atom is 0.453 e. The standard InChI is InChI=1S/C23H20ClF3N8O2/c1-12-8-13(2)19(15(9-12)20(36)28-3)29-21(37)18-10-14(11-34-22(23(25,26)27)30-32-33-34)31-35(18)17-7-5-4-6-16(17)24/h4-10H,11H2,1-3H3,(H,28,36)(H,29,37). The number of carbonyl (C=O) groups excluding carboxylic acids is 2. The third-order valence-corrected chi connectivity index (χ3v) is 5.68. The van der Waals surface area contributed by atoms with Gasteiger partial charge in [0.1, 0.15) is 5.69 Å². The number of aromatic nitrogens is 6. The quantitative estimate of drug-likeness (QED) is 0.390. The normalized spacial score (nSPS) is 11.4. The highest BCUT2D eigenvalue weighted by molar-refractivity contribution is 6.32. The van der Waals surface area contributed by atoms with E-state index in [0.29, 0.717) is 15.9 Å². The fraction of sp³-hybridized carbons (Fsp3) is 0.217. The van der Waals surface area contributed by atoms with E-state index >= 15 is 0 Å². The molecule has 14 heteroatoms. The van der Waals surface area contributed by atoms with E-state index in [2.05, 4.69) is 31.3 Å². The summed E-state index contributed by atoms with van der Waals surface area (Å²) in [5, 5.41) is 19.4. The first-order valence-corrected chi connectivity index (χ1v) is 11.2. The van der Waals surface area contributed by atoms with Crippen molar-refractivity contribution in [3.8, 4) is 5.69 Å². The van der Waals surface area contributed by atoms with Crippen molar-refractivity contribution >= 4 is 29.1 Å². The van der Waals surface area contributed by atoms with E-state index in [9.17, 15) is 22.8 Å². The van der Waals surface area contributed by atoms with Crippen LogP contribution in [0.3, 0.4) is 0 Å². The average Bonchev–Trinajstić information content (AvgIpc) is 3.48. The third kappa shape index (κ3) is 5.31. The lowest BCUT2D eigenvalue weighted by Crippen LogP contribution is -2.23. The summed E-state index contributed by atoms with van der Waals surface area (Å²) in [5.74, 6) is -2.37. The van der Waals surface area contributed by atoms with Crippen molar-refractivity contribution in [3.63, 3.8) is 0 Å². The molecule has 2 heterocycles. The Morgan fingerprint density at radius 1 is 1.08 bits per heavy atom. The fourth-order valence-corrected chi connectivity index (χ4v) is 3.98. The first-order chi connectivity index (χ1) is 17.5. The number of rotatable bonds is 6. The predicted molar refractivity (Wildman–Crippen MR) is 128 cm³/mol. The average molecular weight is 533 g/mol. The Balaban J connectivity index is 1.78. The summed E-state index contributed by atoms with van der Waals surface area (Å²) in [6.07, 6.45) is -4.78. The second kappa shape index (κ2) is 10.0. The molecule has 2 aromatic carbocycles. The molecule has 0 bridgehead atoms. The van der Waals surface area contributed by atoms with Crippen molar-refractivity contribution in [1.82, 2.24) is 35.3 Å². The fourth-order valence-electron chi connectivity index (χ4n) is 3.77. The minimum Gasteiger partial charge on any atom is -0.355 e. The highest BCUT2D eigenvalue weighted by Crippen LogP contribution is 2.28. The number of alkyl halides is 3. The molecule has 0 spiro atoms. The Morgan fingerprint density at radius 3 is 2.49 bits per heavy atom. The van der Waals surface area contributed by atoms with Crippen LogP contribution in [0.5, 0.6) is 0 Å². The van der Waals surface area contributed by atoms with Gasteiger partial charge in [-0.15, -0.1) is 5.10 Å². The van der Waals surface area contributed by atoms with Gasteiger partial charge in [-0.2, -0.15) is 18.3 Å². The van der Waals surface area contributed by atoms with Gasteiger partial charge in [0.25, 0.3) is 17.6 Å². The number of amides is 2. The molecular formula is C23H20ClF3N8O2. The zero-order chi connectivity index (χ0) is 26.9. The van der Waals surface area contributed by atoms with Crippen molar-refractivity contribution in [3.05, 3.63) is 81.4 Å². The summed E-state index contributed by atoms with van der Waals surface area (Å²) in [6.45, 7) is 3.09. The van der Waals surface area contributed by atoms with Crippen LogP contribution >= 0.6 is 11.6 Å². The largest absolute Gasteiger partial charge is 0.453 e. The molecule has 0 saturated carbocycles. The van der Waals surface area contributed by atoms with Gasteiger partial charge in [0.2, 0.25) is 0 Å². The Kier molecular flexibility index (Phi) is 6.99. The molecule has 0 radical (unpaired) electrons. The van der Waals surface area contributed by atoms with Crippen LogP contribution in [-0.2, 0) is 12.7 Å². The summed E-state index contributed by atoms with van der Waals surface area (Å²) in [6, 6.07) is 11.3. The molecule has 4 aromatic rings. The number of hydrogen-bond donors (Lipinski definition) is 2. The minimum absolute atomic E-state index is 0.0347. The molecule has 0 aliphatic rings. The van der Waals surface area contributed by atoms with Gasteiger partial charge >= 0.3 is 6.18 Å². The second-order valence-electron chi connectivity index (χ2n) is 8.08. The van der Waals surface area contributed by atoms with Gasteiger partial charge in [-0.25, -0.2) is 9.36 Å². The van der Waals surface area contributed by atoms with Crippen LogP contribution in [-0.4, -0.2) is 48.8 Å². The van der Waals surface area contributed by atoms with Gasteiger partial charge in [0, 0.05) is 7.05 Å². The van der Waals surface area contributed by atoms with E-state index in [1.54, 1.807) is 43.3 Å². The summed E-state index contributed by atoms with van der Waals surface area (Å²) in [4.78, 5) is 26.0. The van der Waals surface area contributed by atoms with Gasteiger partial charge in [-0.05, 0) is 59.7 Å². The van der Waals surface area contributed by atoms with Gasteiger partial charge in [-0.3, -0.25) is 9.59 Å². The lowest BCUT2D eigenvalue weighted by Gasteiger charge is -2.15. The van der Waals surface area contributed by atoms with Crippen LogP contribution in [0, 0.1) is 13.8 Å². The van der Waals surface area contributed by atoms with Crippen LogP contribution in [0.2, 0.25) is 5.02 Å². The Labute approximate surface area is 213 Å². The van der Waals surface area contributed by atoms with Crippen molar-refractivity contribution in [1.29, 1.82) is 0 Å². The molecule has 0 aliphatic carbocycles. The third-order valence-electron chi connectivity index (χ3n) is 5.36. The van der Waals surface area contributed by atoms with E-state index in [-0.39, 0.29) is 27.7 Å². The lowest BCUT2D eigenvalue weighted by atomic mass is 10.0. The molecule has 0 saturated heterocycles. The number of aryl methyl sites for hydroxylation is 2. The molecule has 192 valence electrons. The molecule has 0 fully saturated rings. The van der Waals surface area contributed by atoms with Crippen molar-refractivity contribution in [2.75, 3.05) is 12.4 Å². The molecule has 0 unspecified atom stereocenters. The van der Waals surface area contributed by atoms with Gasteiger partial charge in [0.05, 0.1) is 34.2 Å². The first kappa shape index (κ1) is 25.8. The highest BCUT2D eigenvalue weighted by atomic mass is 35.5. The maximum atomic E-state index is 13.5. The summed E-state index contributed by atoms with van der Waals surface area (Å²) in [5.41, 5.74) is 2.34. The number of tetrazole rings is 1. The van der Waals surface area contributed by atoms with Gasteiger partial charge in [-0.1, -0.05) is 29.8 Å². The van der Waals surface area contributed by atoms with Crippen LogP contribution < -0.4 is 10.6 Å². The van der Waals surface area contributed by atoms with Crippen LogP contribution in [0.15, 0.2) is 42.5 Å². The van der Waals surface area contributed by atoms with Crippen molar-refractivity contribution in [2.24, 2.45) is 0 Å². The monoisotopic (exact) mass is 532 g/mol. The van der Waals surface area contributed by atoms with E-state index < -0.39 is 30.4 Å². The summed E-state index contributed by atoms with van der Waals surface area (Å²) >= 11 is 6.33. The Hall–Kier alpha value is -4.26. The van der Waals surface area contributed by atoms with Crippen molar-refractivity contribution < 1.29 is 22.8 Å². The molecule has 4 rings (SSSR count). The summed E-state index contributed by atoms with van der Waals surface area (Å²) in [7, 11) is 1.47. The number of nitrogens with zero attached hydrogens (tertiary/aromatic N) is 6.